The van der Waals surface area contributed by atoms with Gasteiger partial charge in [0.2, 0.25) is 0 Å². The average molecular weight is 361 g/mol. The van der Waals surface area contributed by atoms with Crippen molar-refractivity contribution in [1.82, 2.24) is 10.3 Å². The first kappa shape index (κ1) is 17.9. The van der Waals surface area contributed by atoms with Gasteiger partial charge in [-0.2, -0.15) is 0 Å². The molecule has 0 saturated heterocycles. The highest BCUT2D eigenvalue weighted by atomic mass is 16.6. The van der Waals surface area contributed by atoms with E-state index in [9.17, 15) is 14.9 Å². The number of non-ortho nitro benzene ring substituents is 1. The number of nitro benzene ring substituents is 1. The molecule has 0 fully saturated rings. The van der Waals surface area contributed by atoms with Crippen molar-refractivity contribution >= 4 is 22.5 Å². The topological polar surface area (TPSA) is 94.4 Å². The van der Waals surface area contributed by atoms with Gasteiger partial charge in [0.1, 0.15) is 12.4 Å². The number of benzene rings is 2. The minimum Gasteiger partial charge on any atom is -0.481 e. The molecule has 0 spiro atoms. The first-order valence-electron chi connectivity index (χ1n) is 8.09. The van der Waals surface area contributed by atoms with Crippen molar-refractivity contribution in [1.29, 1.82) is 0 Å². The molecule has 1 amide bonds. The molecule has 1 N–H and O–H groups in total. The van der Waals surface area contributed by atoms with Crippen molar-refractivity contribution in [2.24, 2.45) is 0 Å². The summed E-state index contributed by atoms with van der Waals surface area (Å²) in [5.74, 6) is 5.93. The van der Waals surface area contributed by atoms with E-state index in [-0.39, 0.29) is 24.7 Å². The Morgan fingerprint density at radius 1 is 1.15 bits per heavy atom. The summed E-state index contributed by atoms with van der Waals surface area (Å²) in [6, 6.07) is 14.8. The molecule has 3 aromatic rings. The molecule has 1 aromatic heterocycles. The summed E-state index contributed by atoms with van der Waals surface area (Å²) in [7, 11) is 0. The number of nitrogens with zero attached hydrogens (tertiary/aromatic N) is 2. The SMILES string of the molecule is O=C(NCC#CCOc1ccc2cccnc2c1)c1ccc([N+](=O)[O-])cc1. The van der Waals surface area contributed by atoms with Crippen LogP contribution in [0.4, 0.5) is 5.69 Å². The zero-order chi connectivity index (χ0) is 19.1. The van der Waals surface area contributed by atoms with E-state index in [0.29, 0.717) is 11.3 Å². The summed E-state index contributed by atoms with van der Waals surface area (Å²) in [5.41, 5.74) is 1.12. The minimum absolute atomic E-state index is 0.0626. The fourth-order valence-electron chi connectivity index (χ4n) is 2.33. The molecule has 2 aromatic carbocycles. The summed E-state index contributed by atoms with van der Waals surface area (Å²) >= 11 is 0. The Bertz CT molecular complexity index is 1040. The largest absolute Gasteiger partial charge is 0.481 e. The van der Waals surface area contributed by atoms with Gasteiger partial charge in [-0.05, 0) is 30.3 Å². The molecule has 0 atom stereocenters. The number of hydrogen-bond acceptors (Lipinski definition) is 5. The zero-order valence-corrected chi connectivity index (χ0v) is 14.2. The maximum atomic E-state index is 11.9. The van der Waals surface area contributed by atoms with E-state index >= 15 is 0 Å². The minimum atomic E-state index is -0.515. The van der Waals surface area contributed by atoms with Crippen LogP contribution in [0, 0.1) is 22.0 Å². The maximum absolute atomic E-state index is 11.9. The highest BCUT2D eigenvalue weighted by Crippen LogP contribution is 2.18. The van der Waals surface area contributed by atoms with E-state index in [0.717, 1.165) is 10.9 Å². The van der Waals surface area contributed by atoms with Gasteiger partial charge in [0.25, 0.3) is 11.6 Å². The van der Waals surface area contributed by atoms with Crippen molar-refractivity contribution in [3.63, 3.8) is 0 Å². The predicted octanol–water partition coefficient (Wildman–Crippen LogP) is 2.96. The van der Waals surface area contributed by atoms with Crippen LogP contribution in [0.25, 0.3) is 10.9 Å². The summed E-state index contributed by atoms with van der Waals surface area (Å²) in [4.78, 5) is 26.3. The Balaban J connectivity index is 1.46. The molecule has 7 nitrogen and oxygen atoms in total. The van der Waals surface area contributed by atoms with Crippen LogP contribution in [0.3, 0.4) is 0 Å². The lowest BCUT2D eigenvalue weighted by molar-refractivity contribution is -0.384. The Hall–Kier alpha value is -3.92. The van der Waals surface area contributed by atoms with Gasteiger partial charge in [0, 0.05) is 35.3 Å². The highest BCUT2D eigenvalue weighted by Gasteiger charge is 2.08. The van der Waals surface area contributed by atoms with Crippen LogP contribution < -0.4 is 10.1 Å². The number of carbonyl (C=O) groups excluding carboxylic acids is 1. The fourth-order valence-corrected chi connectivity index (χ4v) is 2.33. The van der Waals surface area contributed by atoms with Gasteiger partial charge >= 0.3 is 0 Å². The quantitative estimate of drug-likeness (QED) is 0.428. The van der Waals surface area contributed by atoms with Gasteiger partial charge in [0.05, 0.1) is 17.0 Å². The lowest BCUT2D eigenvalue weighted by atomic mass is 10.2. The number of aromatic nitrogens is 1. The Morgan fingerprint density at radius 3 is 2.74 bits per heavy atom. The molecular weight excluding hydrogens is 346 g/mol. The van der Waals surface area contributed by atoms with Gasteiger partial charge in [-0.25, -0.2) is 0 Å². The Kier molecular flexibility index (Phi) is 5.60. The van der Waals surface area contributed by atoms with Crippen LogP contribution in [0.5, 0.6) is 5.75 Å². The first-order valence-corrected chi connectivity index (χ1v) is 8.09. The molecule has 0 bridgehead atoms. The molecule has 1 heterocycles. The van der Waals surface area contributed by atoms with Gasteiger partial charge in [0.15, 0.2) is 0 Å². The number of fused-ring (bicyclic) bond motifs is 1. The van der Waals surface area contributed by atoms with Crippen molar-refractivity contribution in [2.75, 3.05) is 13.2 Å². The van der Waals surface area contributed by atoms with Crippen molar-refractivity contribution in [2.45, 2.75) is 0 Å². The molecule has 0 aliphatic carbocycles. The fraction of sp³-hybridized carbons (Fsp3) is 0.100. The van der Waals surface area contributed by atoms with Gasteiger partial charge in [-0.15, -0.1) is 0 Å². The number of amides is 1. The number of pyridine rings is 1. The zero-order valence-electron chi connectivity index (χ0n) is 14.2. The van der Waals surface area contributed by atoms with Crippen LogP contribution in [0.1, 0.15) is 10.4 Å². The molecule has 0 radical (unpaired) electrons. The second-order valence-corrected chi connectivity index (χ2v) is 5.49. The number of nitro groups is 1. The van der Waals surface area contributed by atoms with Crippen molar-refractivity contribution < 1.29 is 14.5 Å². The van der Waals surface area contributed by atoms with E-state index in [2.05, 4.69) is 22.1 Å². The van der Waals surface area contributed by atoms with Crippen LogP contribution in [-0.4, -0.2) is 29.0 Å². The van der Waals surface area contributed by atoms with E-state index in [1.165, 1.54) is 24.3 Å². The summed E-state index contributed by atoms with van der Waals surface area (Å²) in [5, 5.41) is 14.2. The standard InChI is InChI=1S/C20H15N3O4/c24-20(16-5-8-17(9-6-16)23(25)26)22-11-1-2-13-27-18-10-7-15-4-3-12-21-19(15)14-18/h3-10,12,14H,11,13H2,(H,22,24). The van der Waals surface area contributed by atoms with Crippen molar-refractivity contribution in [3.05, 3.63) is 76.5 Å². The van der Waals surface area contributed by atoms with E-state index in [1.807, 2.05) is 30.3 Å². The molecule has 7 heteroatoms. The van der Waals surface area contributed by atoms with Crippen molar-refractivity contribution in [3.8, 4) is 17.6 Å². The van der Waals surface area contributed by atoms with Crippen LogP contribution in [0.15, 0.2) is 60.8 Å². The molecule has 0 unspecified atom stereocenters. The molecular formula is C20H15N3O4. The average Bonchev–Trinajstić information content (AvgIpc) is 2.70. The smallest absolute Gasteiger partial charge is 0.269 e. The molecule has 134 valence electrons. The maximum Gasteiger partial charge on any atom is 0.269 e. The molecule has 0 aliphatic heterocycles. The number of nitrogens with one attached hydrogen (secondary N) is 1. The number of hydrogen-bond donors (Lipinski definition) is 1. The van der Waals surface area contributed by atoms with Crippen LogP contribution in [0.2, 0.25) is 0 Å². The number of rotatable bonds is 5. The number of carbonyl (C=O) groups is 1. The third-order valence-corrected chi connectivity index (χ3v) is 3.69. The first-order chi connectivity index (χ1) is 13.1. The molecule has 0 aliphatic rings. The lowest BCUT2D eigenvalue weighted by Gasteiger charge is -2.03. The number of ether oxygens (including phenoxy) is 1. The van der Waals surface area contributed by atoms with Gasteiger partial charge in [-0.3, -0.25) is 19.9 Å². The Labute approximate surface area is 155 Å². The van der Waals surface area contributed by atoms with Crippen LogP contribution in [-0.2, 0) is 0 Å². The van der Waals surface area contributed by atoms with E-state index < -0.39 is 4.92 Å². The van der Waals surface area contributed by atoms with E-state index in [1.54, 1.807) is 6.20 Å². The molecule has 3 rings (SSSR count). The summed E-state index contributed by atoms with van der Waals surface area (Å²) in [6.45, 7) is 0.337. The predicted molar refractivity (Wildman–Crippen MR) is 100 cm³/mol. The lowest BCUT2D eigenvalue weighted by Crippen LogP contribution is -2.23. The molecule has 27 heavy (non-hydrogen) atoms. The Morgan fingerprint density at radius 2 is 1.96 bits per heavy atom. The van der Waals surface area contributed by atoms with E-state index in [4.69, 9.17) is 4.74 Å². The third kappa shape index (κ3) is 4.80. The third-order valence-electron chi connectivity index (χ3n) is 3.69. The van der Waals surface area contributed by atoms with Gasteiger partial charge < -0.3 is 10.1 Å². The summed E-state index contributed by atoms with van der Waals surface area (Å²) in [6.07, 6.45) is 1.72. The summed E-state index contributed by atoms with van der Waals surface area (Å²) < 4.78 is 5.55. The second kappa shape index (κ2) is 8.45. The monoisotopic (exact) mass is 361 g/mol. The highest BCUT2D eigenvalue weighted by molar-refractivity contribution is 5.94. The second-order valence-electron chi connectivity index (χ2n) is 5.49. The van der Waals surface area contributed by atoms with Gasteiger partial charge in [-0.1, -0.05) is 17.9 Å². The van der Waals surface area contributed by atoms with Crippen LogP contribution >= 0.6 is 0 Å². The molecule has 0 saturated carbocycles. The normalized spacial score (nSPS) is 9.93.